The third-order valence-electron chi connectivity index (χ3n) is 6.58. The van der Waals surface area contributed by atoms with E-state index in [0.717, 1.165) is 23.9 Å². The number of rotatable bonds is 4. The molecule has 1 aromatic heterocycles. The highest BCUT2D eigenvalue weighted by Gasteiger charge is 2.60. The Morgan fingerprint density at radius 3 is 2.72 bits per heavy atom. The fourth-order valence-corrected chi connectivity index (χ4v) is 5.34. The first-order chi connectivity index (χ1) is 14.1. The molecule has 0 radical (unpaired) electrons. The zero-order valence-electron chi connectivity index (χ0n) is 16.3. The first-order valence-corrected chi connectivity index (χ1v) is 10.0. The Hall–Kier alpha value is -3.22. The molecule has 0 unspecified atom stereocenters. The van der Waals surface area contributed by atoms with E-state index in [0.29, 0.717) is 23.9 Å². The molecule has 2 N–H and O–H groups in total. The molecule has 2 amide bonds. The van der Waals surface area contributed by atoms with E-state index in [2.05, 4.69) is 32.9 Å². The van der Waals surface area contributed by atoms with Gasteiger partial charge in [-0.3, -0.25) is 9.59 Å². The van der Waals surface area contributed by atoms with Gasteiger partial charge in [0, 0.05) is 24.7 Å². The number of amides is 2. The van der Waals surface area contributed by atoms with Crippen LogP contribution in [0.25, 0.3) is 11.0 Å². The first kappa shape index (κ1) is 17.8. The zero-order chi connectivity index (χ0) is 20.0. The Balaban J connectivity index is 1.50. The Morgan fingerprint density at radius 2 is 1.93 bits per heavy atom. The van der Waals surface area contributed by atoms with Crippen molar-refractivity contribution >= 4 is 22.8 Å². The fraction of sp³-hybridized carbons (Fsp3) is 0.364. The summed E-state index contributed by atoms with van der Waals surface area (Å²) >= 11 is 0. The SMILES string of the molecule is CNC(=O)[C@@]1(Cc2ccccc2)C[C@H]2CC[C@@H]1N2C(=O)c1ccc2n[nH]nc2c1. The van der Waals surface area contributed by atoms with Crippen molar-refractivity contribution in [1.29, 1.82) is 0 Å². The molecule has 0 aliphatic carbocycles. The minimum Gasteiger partial charge on any atom is -0.359 e. The highest BCUT2D eigenvalue weighted by Crippen LogP contribution is 2.52. The number of carbonyl (C=O) groups is 2. The summed E-state index contributed by atoms with van der Waals surface area (Å²) < 4.78 is 0. The molecule has 2 aromatic carbocycles. The van der Waals surface area contributed by atoms with E-state index in [1.54, 1.807) is 25.2 Å². The van der Waals surface area contributed by atoms with E-state index < -0.39 is 5.41 Å². The van der Waals surface area contributed by atoms with Crippen molar-refractivity contribution in [2.75, 3.05) is 7.05 Å². The number of nitrogens with zero attached hydrogens (tertiary/aromatic N) is 3. The number of benzene rings is 2. The average Bonchev–Trinajstić information content (AvgIpc) is 3.46. The van der Waals surface area contributed by atoms with Crippen LogP contribution in [-0.4, -0.2) is 51.3 Å². The van der Waals surface area contributed by atoms with Crippen molar-refractivity contribution in [2.45, 2.75) is 37.8 Å². The zero-order valence-corrected chi connectivity index (χ0v) is 16.3. The van der Waals surface area contributed by atoms with Crippen molar-refractivity contribution in [1.82, 2.24) is 25.6 Å². The van der Waals surface area contributed by atoms with Crippen LogP contribution in [0.1, 0.15) is 35.2 Å². The molecule has 2 saturated heterocycles. The van der Waals surface area contributed by atoms with Gasteiger partial charge < -0.3 is 10.2 Å². The van der Waals surface area contributed by atoms with Crippen LogP contribution in [0.3, 0.4) is 0 Å². The normalized spacial score (nSPS) is 25.5. The van der Waals surface area contributed by atoms with Gasteiger partial charge in [-0.15, -0.1) is 0 Å². The quantitative estimate of drug-likeness (QED) is 0.716. The largest absolute Gasteiger partial charge is 0.359 e. The number of fused-ring (bicyclic) bond motifs is 3. The van der Waals surface area contributed by atoms with Gasteiger partial charge in [0.05, 0.1) is 5.41 Å². The lowest BCUT2D eigenvalue weighted by molar-refractivity contribution is -0.132. The van der Waals surface area contributed by atoms with Crippen LogP contribution in [0.4, 0.5) is 0 Å². The molecule has 3 aromatic rings. The van der Waals surface area contributed by atoms with Gasteiger partial charge in [-0.2, -0.15) is 15.4 Å². The number of hydrogen-bond donors (Lipinski definition) is 2. The van der Waals surface area contributed by atoms with Gasteiger partial charge in [0.2, 0.25) is 5.91 Å². The van der Waals surface area contributed by atoms with Gasteiger partial charge >= 0.3 is 0 Å². The topological polar surface area (TPSA) is 91.0 Å². The lowest BCUT2D eigenvalue weighted by atomic mass is 9.69. The summed E-state index contributed by atoms with van der Waals surface area (Å²) in [7, 11) is 1.69. The van der Waals surface area contributed by atoms with Gasteiger partial charge in [-0.25, -0.2) is 0 Å². The lowest BCUT2D eigenvalue weighted by Gasteiger charge is -2.36. The molecule has 148 valence electrons. The molecule has 7 heteroatoms. The molecule has 0 spiro atoms. The molecule has 3 atom stereocenters. The maximum absolute atomic E-state index is 13.5. The molecule has 3 heterocycles. The Bertz CT molecular complexity index is 1080. The smallest absolute Gasteiger partial charge is 0.254 e. The summed E-state index contributed by atoms with van der Waals surface area (Å²) in [5.41, 5.74) is 2.53. The number of carbonyl (C=O) groups excluding carboxylic acids is 2. The number of nitrogens with one attached hydrogen (secondary N) is 2. The lowest BCUT2D eigenvalue weighted by Crippen LogP contribution is -2.50. The van der Waals surface area contributed by atoms with Gasteiger partial charge in [0.25, 0.3) is 5.91 Å². The average molecular weight is 389 g/mol. The summed E-state index contributed by atoms with van der Waals surface area (Å²) in [6, 6.07) is 15.4. The molecule has 29 heavy (non-hydrogen) atoms. The van der Waals surface area contributed by atoms with Crippen LogP contribution in [0.2, 0.25) is 0 Å². The van der Waals surface area contributed by atoms with E-state index in [4.69, 9.17) is 0 Å². The summed E-state index contributed by atoms with van der Waals surface area (Å²) in [5, 5.41) is 13.6. The predicted molar refractivity (Wildman–Crippen MR) is 108 cm³/mol. The number of hydrogen-bond acceptors (Lipinski definition) is 4. The van der Waals surface area contributed by atoms with Gasteiger partial charge in [0.1, 0.15) is 11.0 Å². The summed E-state index contributed by atoms with van der Waals surface area (Å²) in [5.74, 6) is -0.000420. The summed E-state index contributed by atoms with van der Waals surface area (Å²) in [6.07, 6.45) is 3.13. The number of aromatic amines is 1. The third-order valence-corrected chi connectivity index (χ3v) is 6.58. The molecular formula is C22H23N5O2. The van der Waals surface area contributed by atoms with Crippen LogP contribution >= 0.6 is 0 Å². The first-order valence-electron chi connectivity index (χ1n) is 10.0. The molecule has 7 nitrogen and oxygen atoms in total. The minimum absolute atomic E-state index is 0.0262. The maximum atomic E-state index is 13.5. The maximum Gasteiger partial charge on any atom is 0.254 e. The van der Waals surface area contributed by atoms with Crippen molar-refractivity contribution in [2.24, 2.45) is 5.41 Å². The summed E-state index contributed by atoms with van der Waals surface area (Å²) in [4.78, 5) is 28.5. The second-order valence-electron chi connectivity index (χ2n) is 8.09. The Kier molecular flexibility index (Phi) is 4.12. The van der Waals surface area contributed by atoms with Crippen LogP contribution in [0.15, 0.2) is 48.5 Å². The highest BCUT2D eigenvalue weighted by molar-refractivity contribution is 5.99. The monoisotopic (exact) mass is 389 g/mol. The molecule has 5 rings (SSSR count). The van der Waals surface area contributed by atoms with Crippen molar-refractivity contribution in [3.05, 3.63) is 59.7 Å². The molecule has 2 bridgehead atoms. The number of H-pyrrole nitrogens is 1. The van der Waals surface area contributed by atoms with E-state index in [9.17, 15) is 9.59 Å². The van der Waals surface area contributed by atoms with E-state index >= 15 is 0 Å². The Morgan fingerprint density at radius 1 is 1.14 bits per heavy atom. The van der Waals surface area contributed by atoms with Crippen LogP contribution < -0.4 is 5.32 Å². The molecular weight excluding hydrogens is 366 g/mol. The van der Waals surface area contributed by atoms with E-state index in [1.807, 2.05) is 23.1 Å². The fourth-order valence-electron chi connectivity index (χ4n) is 5.34. The standard InChI is InChI=1S/C22H23N5O2/c1-23-21(29)22(12-14-5-3-2-4-6-14)13-16-8-10-19(22)27(16)20(28)15-7-9-17-18(11-15)25-26-24-17/h2-7,9,11,16,19H,8,10,12-13H2,1H3,(H,23,29)(H,24,25,26)/t16-,19+,22+/m1/s1. The van der Waals surface area contributed by atoms with Crippen molar-refractivity contribution in [3.8, 4) is 0 Å². The molecule has 2 aliphatic heterocycles. The molecule has 0 saturated carbocycles. The van der Waals surface area contributed by atoms with Crippen LogP contribution in [0.5, 0.6) is 0 Å². The van der Waals surface area contributed by atoms with Crippen molar-refractivity contribution < 1.29 is 9.59 Å². The number of aromatic nitrogens is 3. The highest BCUT2D eigenvalue weighted by atomic mass is 16.2. The second kappa shape index (κ2) is 6.69. The molecule has 2 fully saturated rings. The second-order valence-corrected chi connectivity index (χ2v) is 8.09. The third kappa shape index (κ3) is 2.72. The summed E-state index contributed by atoms with van der Waals surface area (Å²) in [6.45, 7) is 0. The molecule has 2 aliphatic rings. The van der Waals surface area contributed by atoms with Crippen molar-refractivity contribution in [3.63, 3.8) is 0 Å². The van der Waals surface area contributed by atoms with Gasteiger partial charge in [0.15, 0.2) is 0 Å². The van der Waals surface area contributed by atoms with Gasteiger partial charge in [-0.1, -0.05) is 30.3 Å². The van der Waals surface area contributed by atoms with Crippen LogP contribution in [0, 0.1) is 5.41 Å². The predicted octanol–water partition coefficient (Wildman–Crippen LogP) is 2.31. The van der Waals surface area contributed by atoms with Crippen LogP contribution in [-0.2, 0) is 11.2 Å². The van der Waals surface area contributed by atoms with E-state index in [1.165, 1.54) is 0 Å². The Labute approximate surface area is 168 Å². The van der Waals surface area contributed by atoms with Gasteiger partial charge in [-0.05, 0) is 49.4 Å². The minimum atomic E-state index is -0.591. The van der Waals surface area contributed by atoms with E-state index in [-0.39, 0.29) is 23.9 Å².